The summed E-state index contributed by atoms with van der Waals surface area (Å²) >= 11 is 0. The molecular formula is C19H21NO3. The van der Waals surface area contributed by atoms with Crippen LogP contribution in [0.2, 0.25) is 0 Å². The van der Waals surface area contributed by atoms with Crippen molar-refractivity contribution >= 4 is 5.97 Å². The number of nitrogens with zero attached hydrogens (tertiary/aromatic N) is 1. The van der Waals surface area contributed by atoms with Crippen LogP contribution in [0.25, 0.3) is 0 Å². The van der Waals surface area contributed by atoms with Gasteiger partial charge in [0, 0.05) is 6.54 Å². The molecule has 4 heteroatoms. The molecule has 1 aliphatic heterocycles. The van der Waals surface area contributed by atoms with Crippen LogP contribution in [0.4, 0.5) is 0 Å². The first kappa shape index (κ1) is 15.6. The normalized spacial score (nSPS) is 18.0. The maximum atomic E-state index is 11.3. The summed E-state index contributed by atoms with van der Waals surface area (Å²) in [5, 5.41) is 9.26. The van der Waals surface area contributed by atoms with E-state index in [1.165, 1.54) is 0 Å². The van der Waals surface area contributed by atoms with Crippen LogP contribution < -0.4 is 4.74 Å². The number of aliphatic carboxylic acids is 1. The molecule has 1 heterocycles. The molecule has 1 aliphatic rings. The Hall–Kier alpha value is -2.33. The number of benzene rings is 2. The minimum Gasteiger partial charge on any atom is -0.489 e. The summed E-state index contributed by atoms with van der Waals surface area (Å²) in [5.41, 5.74) is 2.21. The third-order valence-electron chi connectivity index (χ3n) is 4.18. The summed E-state index contributed by atoms with van der Waals surface area (Å²) in [5.74, 6) is 0.0939. The lowest BCUT2D eigenvalue weighted by atomic mass is 10.1. The van der Waals surface area contributed by atoms with Crippen molar-refractivity contribution in [3.05, 3.63) is 65.7 Å². The van der Waals surface area contributed by atoms with Crippen LogP contribution >= 0.6 is 0 Å². The first-order valence-corrected chi connectivity index (χ1v) is 7.95. The summed E-state index contributed by atoms with van der Waals surface area (Å²) in [6.07, 6.45) is 1.68. The van der Waals surface area contributed by atoms with E-state index in [0.29, 0.717) is 13.2 Å². The van der Waals surface area contributed by atoms with E-state index >= 15 is 0 Å². The standard InChI is InChI=1S/C19H21NO3/c21-19(22)18-10-5-11-20(18)13-16-8-4-9-17(12-16)23-14-15-6-2-1-3-7-15/h1-4,6-9,12,18H,5,10-11,13-14H2,(H,21,22)/t18-/m1/s1. The fourth-order valence-electron chi connectivity index (χ4n) is 3.00. The lowest BCUT2D eigenvalue weighted by Gasteiger charge is -2.21. The van der Waals surface area contributed by atoms with Crippen LogP contribution in [0.5, 0.6) is 5.75 Å². The molecule has 2 aromatic carbocycles. The second-order valence-electron chi connectivity index (χ2n) is 5.89. The molecule has 120 valence electrons. The molecule has 3 rings (SSSR count). The first-order valence-electron chi connectivity index (χ1n) is 7.95. The Labute approximate surface area is 136 Å². The molecule has 4 nitrogen and oxygen atoms in total. The predicted octanol–water partition coefficient (Wildman–Crippen LogP) is 3.31. The molecule has 1 N–H and O–H groups in total. The Bertz CT molecular complexity index is 657. The van der Waals surface area contributed by atoms with Crippen LogP contribution in [0, 0.1) is 0 Å². The first-order chi connectivity index (χ1) is 11.2. The number of ether oxygens (including phenoxy) is 1. The topological polar surface area (TPSA) is 49.8 Å². The van der Waals surface area contributed by atoms with Gasteiger partial charge < -0.3 is 9.84 Å². The second kappa shape index (κ2) is 7.29. The van der Waals surface area contributed by atoms with Crippen molar-refractivity contribution < 1.29 is 14.6 Å². The van der Waals surface area contributed by atoms with Crippen molar-refractivity contribution in [3.63, 3.8) is 0 Å². The Balaban J connectivity index is 1.62. The molecule has 0 radical (unpaired) electrons. The highest BCUT2D eigenvalue weighted by Crippen LogP contribution is 2.22. The van der Waals surface area contributed by atoms with Gasteiger partial charge in [-0.25, -0.2) is 0 Å². The van der Waals surface area contributed by atoms with E-state index < -0.39 is 5.97 Å². The van der Waals surface area contributed by atoms with E-state index in [0.717, 1.165) is 36.3 Å². The van der Waals surface area contributed by atoms with E-state index in [-0.39, 0.29) is 6.04 Å². The smallest absolute Gasteiger partial charge is 0.320 e. The molecule has 0 unspecified atom stereocenters. The Morgan fingerprint density at radius 3 is 2.70 bits per heavy atom. The Kier molecular flexibility index (Phi) is 4.93. The van der Waals surface area contributed by atoms with E-state index in [4.69, 9.17) is 4.74 Å². The van der Waals surface area contributed by atoms with Gasteiger partial charge in [0.2, 0.25) is 0 Å². The SMILES string of the molecule is O=C(O)[C@H]1CCCN1Cc1cccc(OCc2ccccc2)c1. The van der Waals surface area contributed by atoms with Crippen molar-refractivity contribution in [1.82, 2.24) is 4.90 Å². The van der Waals surface area contributed by atoms with Crippen LogP contribution in [-0.4, -0.2) is 28.6 Å². The Morgan fingerprint density at radius 1 is 1.13 bits per heavy atom. The number of hydrogen-bond donors (Lipinski definition) is 1. The maximum Gasteiger partial charge on any atom is 0.320 e. The molecule has 0 aromatic heterocycles. The van der Waals surface area contributed by atoms with E-state index in [1.807, 2.05) is 59.5 Å². The van der Waals surface area contributed by atoms with Gasteiger partial charge in [0.05, 0.1) is 0 Å². The lowest BCUT2D eigenvalue weighted by molar-refractivity contribution is -0.142. The molecule has 1 fully saturated rings. The number of carboxylic acid groups (broad SMARTS) is 1. The van der Waals surface area contributed by atoms with Crippen molar-refractivity contribution in [2.24, 2.45) is 0 Å². The number of hydrogen-bond acceptors (Lipinski definition) is 3. The number of likely N-dealkylation sites (tertiary alicyclic amines) is 1. The van der Waals surface area contributed by atoms with E-state index in [9.17, 15) is 9.90 Å². The fourth-order valence-corrected chi connectivity index (χ4v) is 3.00. The Morgan fingerprint density at radius 2 is 1.91 bits per heavy atom. The number of carboxylic acids is 1. The van der Waals surface area contributed by atoms with E-state index in [1.54, 1.807) is 0 Å². The summed E-state index contributed by atoms with van der Waals surface area (Å²) < 4.78 is 5.84. The van der Waals surface area contributed by atoms with Crippen LogP contribution in [0.3, 0.4) is 0 Å². The number of carbonyl (C=O) groups is 1. The van der Waals surface area contributed by atoms with E-state index in [2.05, 4.69) is 0 Å². The highest BCUT2D eigenvalue weighted by molar-refractivity contribution is 5.73. The van der Waals surface area contributed by atoms with Gasteiger partial charge in [-0.05, 0) is 42.6 Å². The summed E-state index contributed by atoms with van der Waals surface area (Å²) in [7, 11) is 0. The molecule has 0 aliphatic carbocycles. The molecule has 0 saturated carbocycles. The van der Waals surface area contributed by atoms with Crippen LogP contribution in [0.1, 0.15) is 24.0 Å². The summed E-state index contributed by atoms with van der Waals surface area (Å²) in [4.78, 5) is 13.3. The molecule has 0 amide bonds. The predicted molar refractivity (Wildman–Crippen MR) is 88.3 cm³/mol. The van der Waals surface area contributed by atoms with Gasteiger partial charge in [-0.1, -0.05) is 42.5 Å². The second-order valence-corrected chi connectivity index (χ2v) is 5.89. The van der Waals surface area contributed by atoms with Gasteiger partial charge in [-0.15, -0.1) is 0 Å². The zero-order chi connectivity index (χ0) is 16.1. The summed E-state index contributed by atoms with van der Waals surface area (Å²) in [6, 6.07) is 17.6. The maximum absolute atomic E-state index is 11.3. The zero-order valence-corrected chi connectivity index (χ0v) is 13.0. The van der Waals surface area contributed by atoms with Crippen molar-refractivity contribution in [2.75, 3.05) is 6.54 Å². The molecule has 2 aromatic rings. The largest absolute Gasteiger partial charge is 0.489 e. The minimum absolute atomic E-state index is 0.358. The molecule has 23 heavy (non-hydrogen) atoms. The van der Waals surface area contributed by atoms with Crippen LogP contribution in [0.15, 0.2) is 54.6 Å². The minimum atomic E-state index is -0.723. The van der Waals surface area contributed by atoms with Gasteiger partial charge in [-0.3, -0.25) is 9.69 Å². The number of rotatable bonds is 6. The fraction of sp³-hybridized carbons (Fsp3) is 0.316. The zero-order valence-electron chi connectivity index (χ0n) is 13.0. The van der Waals surface area contributed by atoms with Crippen molar-refractivity contribution in [3.8, 4) is 5.75 Å². The quantitative estimate of drug-likeness (QED) is 0.889. The average molecular weight is 311 g/mol. The monoisotopic (exact) mass is 311 g/mol. The third kappa shape index (κ3) is 4.11. The van der Waals surface area contributed by atoms with Crippen molar-refractivity contribution in [2.45, 2.75) is 32.0 Å². The highest BCUT2D eigenvalue weighted by atomic mass is 16.5. The van der Waals surface area contributed by atoms with Gasteiger partial charge in [0.15, 0.2) is 0 Å². The third-order valence-corrected chi connectivity index (χ3v) is 4.18. The molecular weight excluding hydrogens is 290 g/mol. The molecule has 0 spiro atoms. The molecule has 1 saturated heterocycles. The molecule has 1 atom stereocenters. The average Bonchev–Trinajstić information content (AvgIpc) is 3.03. The lowest BCUT2D eigenvalue weighted by Crippen LogP contribution is -2.35. The van der Waals surface area contributed by atoms with Gasteiger partial charge in [0.1, 0.15) is 18.4 Å². The van der Waals surface area contributed by atoms with Crippen molar-refractivity contribution in [1.29, 1.82) is 0 Å². The highest BCUT2D eigenvalue weighted by Gasteiger charge is 2.30. The summed E-state index contributed by atoms with van der Waals surface area (Å²) in [6.45, 7) is 2.03. The van der Waals surface area contributed by atoms with Gasteiger partial charge in [-0.2, -0.15) is 0 Å². The van der Waals surface area contributed by atoms with Gasteiger partial charge in [0.25, 0.3) is 0 Å². The van der Waals surface area contributed by atoms with Gasteiger partial charge >= 0.3 is 5.97 Å². The van der Waals surface area contributed by atoms with Crippen LogP contribution in [-0.2, 0) is 17.9 Å². The molecule has 0 bridgehead atoms.